The quantitative estimate of drug-likeness (QED) is 0.527. The number of rotatable bonds is 4. The first-order chi connectivity index (χ1) is 11.5. The Balaban J connectivity index is 1.80. The summed E-state index contributed by atoms with van der Waals surface area (Å²) >= 11 is 3.12. The van der Waals surface area contributed by atoms with Crippen molar-refractivity contribution in [1.29, 1.82) is 0 Å². The monoisotopic (exact) mass is 389 g/mol. The summed E-state index contributed by atoms with van der Waals surface area (Å²) in [6.45, 7) is 1.47. The van der Waals surface area contributed by atoms with Crippen LogP contribution in [0.25, 0.3) is 10.9 Å². The van der Waals surface area contributed by atoms with E-state index in [0.29, 0.717) is 10.0 Å². The molecule has 1 N–H and O–H groups in total. The van der Waals surface area contributed by atoms with Crippen molar-refractivity contribution < 1.29 is 18.7 Å². The summed E-state index contributed by atoms with van der Waals surface area (Å²) in [7, 11) is 0. The molecule has 1 atom stereocenters. The molecule has 0 saturated heterocycles. The van der Waals surface area contributed by atoms with E-state index in [2.05, 4.69) is 20.9 Å². The van der Waals surface area contributed by atoms with Gasteiger partial charge in [-0.3, -0.25) is 4.79 Å². The van der Waals surface area contributed by atoms with Crippen LogP contribution in [0.3, 0.4) is 0 Å². The zero-order valence-electron chi connectivity index (χ0n) is 12.7. The van der Waals surface area contributed by atoms with E-state index in [-0.39, 0.29) is 11.3 Å². The van der Waals surface area contributed by atoms with Crippen molar-refractivity contribution in [3.05, 3.63) is 70.1 Å². The summed E-state index contributed by atoms with van der Waals surface area (Å²) < 4.78 is 19.5. The maximum atomic E-state index is 13.8. The van der Waals surface area contributed by atoms with Gasteiger partial charge in [0.1, 0.15) is 5.82 Å². The van der Waals surface area contributed by atoms with Crippen LogP contribution in [-0.2, 0) is 4.74 Å². The number of hydrogen-bond donors (Lipinski definition) is 1. The Morgan fingerprint density at radius 2 is 1.92 bits per heavy atom. The van der Waals surface area contributed by atoms with E-state index in [1.54, 1.807) is 6.20 Å². The predicted octanol–water partition coefficient (Wildman–Crippen LogP) is 4.50. The van der Waals surface area contributed by atoms with Gasteiger partial charge in [0.05, 0.1) is 5.56 Å². The zero-order valence-corrected chi connectivity index (χ0v) is 14.3. The standard InChI is InChI=1S/C18H13BrFNO3/c1-10(24-18(23)13-7-6-11(19)8-15(13)20)17(22)14-9-21-16-5-3-2-4-12(14)16/h2-10,21H,1H3. The highest BCUT2D eigenvalue weighted by Gasteiger charge is 2.24. The summed E-state index contributed by atoms with van der Waals surface area (Å²) in [6.07, 6.45) is 0.553. The maximum absolute atomic E-state index is 13.8. The highest BCUT2D eigenvalue weighted by atomic mass is 79.9. The molecule has 3 rings (SSSR count). The molecular weight excluding hydrogens is 377 g/mol. The summed E-state index contributed by atoms with van der Waals surface area (Å²) in [5.74, 6) is -1.93. The van der Waals surface area contributed by atoms with Crippen LogP contribution in [0.5, 0.6) is 0 Å². The van der Waals surface area contributed by atoms with E-state index in [0.717, 1.165) is 10.9 Å². The van der Waals surface area contributed by atoms with Crippen LogP contribution in [0.15, 0.2) is 53.1 Å². The third-order valence-electron chi connectivity index (χ3n) is 3.66. The van der Waals surface area contributed by atoms with Gasteiger partial charge in [-0.2, -0.15) is 0 Å². The Labute approximate surface area is 145 Å². The average Bonchev–Trinajstić information content (AvgIpc) is 2.97. The lowest BCUT2D eigenvalue weighted by atomic mass is 10.1. The third kappa shape index (κ3) is 3.10. The number of carbonyl (C=O) groups is 2. The Kier molecular flexibility index (Phi) is 4.49. The second-order valence-electron chi connectivity index (χ2n) is 5.28. The molecule has 1 heterocycles. The van der Waals surface area contributed by atoms with Crippen LogP contribution in [0.2, 0.25) is 0 Å². The molecule has 6 heteroatoms. The van der Waals surface area contributed by atoms with E-state index < -0.39 is 17.9 Å². The van der Waals surface area contributed by atoms with Gasteiger partial charge in [0.2, 0.25) is 5.78 Å². The lowest BCUT2D eigenvalue weighted by molar-refractivity contribution is 0.0315. The largest absolute Gasteiger partial charge is 0.451 e. The van der Waals surface area contributed by atoms with Crippen LogP contribution in [0, 0.1) is 5.82 Å². The number of fused-ring (bicyclic) bond motifs is 1. The fraction of sp³-hybridized carbons (Fsp3) is 0.111. The molecule has 0 amide bonds. The molecule has 0 radical (unpaired) electrons. The molecule has 24 heavy (non-hydrogen) atoms. The predicted molar refractivity (Wildman–Crippen MR) is 91.6 cm³/mol. The SMILES string of the molecule is CC(OC(=O)c1ccc(Br)cc1F)C(=O)c1c[nH]c2ccccc12. The Hall–Kier alpha value is -2.47. The lowest BCUT2D eigenvalue weighted by Crippen LogP contribution is -2.24. The number of esters is 1. The zero-order chi connectivity index (χ0) is 17.3. The smallest absolute Gasteiger partial charge is 0.341 e. The molecule has 2 aromatic carbocycles. The fourth-order valence-electron chi connectivity index (χ4n) is 2.43. The summed E-state index contributed by atoms with van der Waals surface area (Å²) in [6, 6.07) is 11.3. The summed E-state index contributed by atoms with van der Waals surface area (Å²) in [5, 5.41) is 0.750. The number of ketones is 1. The summed E-state index contributed by atoms with van der Waals surface area (Å²) in [4.78, 5) is 27.6. The van der Waals surface area contributed by atoms with Crippen molar-refractivity contribution in [1.82, 2.24) is 4.98 Å². The van der Waals surface area contributed by atoms with Gasteiger partial charge >= 0.3 is 5.97 Å². The van der Waals surface area contributed by atoms with Crippen molar-refractivity contribution >= 4 is 38.6 Å². The number of hydrogen-bond acceptors (Lipinski definition) is 3. The van der Waals surface area contributed by atoms with Crippen molar-refractivity contribution in [2.75, 3.05) is 0 Å². The van der Waals surface area contributed by atoms with Gasteiger partial charge in [-0.05, 0) is 31.2 Å². The number of carbonyl (C=O) groups excluding carboxylic acids is 2. The number of Topliss-reactive ketones (excluding diaryl/α,β-unsaturated/α-hetero) is 1. The fourth-order valence-corrected chi connectivity index (χ4v) is 2.76. The van der Waals surface area contributed by atoms with Crippen molar-refractivity contribution in [3.63, 3.8) is 0 Å². The average molecular weight is 390 g/mol. The van der Waals surface area contributed by atoms with Gasteiger partial charge in [-0.1, -0.05) is 34.1 Å². The summed E-state index contributed by atoms with van der Waals surface area (Å²) in [5.41, 5.74) is 1.04. The van der Waals surface area contributed by atoms with Crippen LogP contribution in [0.4, 0.5) is 4.39 Å². The Morgan fingerprint density at radius 3 is 2.67 bits per heavy atom. The first-order valence-electron chi connectivity index (χ1n) is 7.23. The van der Waals surface area contributed by atoms with Crippen molar-refractivity contribution in [2.24, 2.45) is 0 Å². The second-order valence-corrected chi connectivity index (χ2v) is 6.20. The number of ether oxygens (including phenoxy) is 1. The van der Waals surface area contributed by atoms with E-state index in [9.17, 15) is 14.0 Å². The van der Waals surface area contributed by atoms with E-state index >= 15 is 0 Å². The van der Waals surface area contributed by atoms with Gasteiger partial charge < -0.3 is 9.72 Å². The molecule has 4 nitrogen and oxygen atoms in total. The van der Waals surface area contributed by atoms with Gasteiger partial charge in [0.15, 0.2) is 6.10 Å². The van der Waals surface area contributed by atoms with E-state index in [1.165, 1.54) is 25.1 Å². The number of aromatic nitrogens is 1. The molecule has 0 saturated carbocycles. The van der Waals surface area contributed by atoms with Crippen molar-refractivity contribution in [3.8, 4) is 0 Å². The number of aromatic amines is 1. The molecule has 122 valence electrons. The lowest BCUT2D eigenvalue weighted by Gasteiger charge is -2.12. The molecule has 0 fully saturated rings. The Morgan fingerprint density at radius 1 is 1.17 bits per heavy atom. The van der Waals surface area contributed by atoms with Crippen LogP contribution < -0.4 is 0 Å². The topological polar surface area (TPSA) is 59.2 Å². The minimum atomic E-state index is -1.03. The molecule has 3 aromatic rings. The highest BCUT2D eigenvalue weighted by molar-refractivity contribution is 9.10. The minimum Gasteiger partial charge on any atom is -0.451 e. The van der Waals surface area contributed by atoms with Crippen LogP contribution in [0.1, 0.15) is 27.6 Å². The minimum absolute atomic E-state index is 0.211. The van der Waals surface area contributed by atoms with E-state index in [1.807, 2.05) is 24.3 Å². The van der Waals surface area contributed by atoms with Crippen molar-refractivity contribution in [2.45, 2.75) is 13.0 Å². The van der Waals surface area contributed by atoms with Gasteiger partial charge in [-0.25, -0.2) is 9.18 Å². The molecule has 0 spiro atoms. The first-order valence-corrected chi connectivity index (χ1v) is 8.03. The third-order valence-corrected chi connectivity index (χ3v) is 4.15. The molecule has 0 aliphatic heterocycles. The second kappa shape index (κ2) is 6.57. The molecular formula is C18H13BrFNO3. The normalized spacial score (nSPS) is 12.1. The number of nitrogens with one attached hydrogen (secondary N) is 1. The molecule has 0 aliphatic carbocycles. The van der Waals surface area contributed by atoms with Crippen LogP contribution in [-0.4, -0.2) is 22.8 Å². The molecule has 1 unspecified atom stereocenters. The highest BCUT2D eigenvalue weighted by Crippen LogP contribution is 2.21. The Bertz CT molecular complexity index is 935. The van der Waals surface area contributed by atoms with Gasteiger partial charge in [0, 0.05) is 27.1 Å². The van der Waals surface area contributed by atoms with E-state index in [4.69, 9.17) is 4.74 Å². The number of halogens is 2. The number of H-pyrrole nitrogens is 1. The van der Waals surface area contributed by atoms with Gasteiger partial charge in [-0.15, -0.1) is 0 Å². The van der Waals surface area contributed by atoms with Crippen LogP contribution >= 0.6 is 15.9 Å². The maximum Gasteiger partial charge on any atom is 0.341 e. The first kappa shape index (κ1) is 16.4. The van der Waals surface area contributed by atoms with Gasteiger partial charge in [0.25, 0.3) is 0 Å². The number of para-hydroxylation sites is 1. The molecule has 0 aliphatic rings. The molecule has 1 aromatic heterocycles. The number of benzene rings is 2. The molecule has 0 bridgehead atoms.